The number of anilines is 1. The maximum Gasteiger partial charge on any atom is 0.273 e. The summed E-state index contributed by atoms with van der Waals surface area (Å²) in [7, 11) is 1.63. The standard InChI is InChI=1S/C15H15BrN2O3/c1-10-7-14(13(16)8-15(10)18(19)20)17-9-11-3-5-12(21-2)6-4-11/h3-8,17H,9H2,1-2H3. The lowest BCUT2D eigenvalue weighted by atomic mass is 10.1. The van der Waals surface area contributed by atoms with Gasteiger partial charge in [0, 0.05) is 28.3 Å². The van der Waals surface area contributed by atoms with Gasteiger partial charge in [0.25, 0.3) is 5.69 Å². The molecule has 0 fully saturated rings. The van der Waals surface area contributed by atoms with Crippen molar-refractivity contribution in [3.05, 3.63) is 62.1 Å². The first kappa shape index (κ1) is 15.3. The zero-order valence-electron chi connectivity index (χ0n) is 11.7. The topological polar surface area (TPSA) is 64.4 Å². The Morgan fingerprint density at radius 2 is 1.95 bits per heavy atom. The summed E-state index contributed by atoms with van der Waals surface area (Å²) >= 11 is 3.36. The Bertz CT molecular complexity index is 657. The van der Waals surface area contributed by atoms with Crippen LogP contribution in [-0.4, -0.2) is 12.0 Å². The lowest BCUT2D eigenvalue weighted by Crippen LogP contribution is -2.01. The number of methoxy groups -OCH3 is 1. The van der Waals surface area contributed by atoms with Crippen molar-refractivity contribution in [1.29, 1.82) is 0 Å². The normalized spacial score (nSPS) is 10.2. The molecular weight excluding hydrogens is 336 g/mol. The number of halogens is 1. The first-order valence-electron chi connectivity index (χ1n) is 6.32. The molecule has 2 aromatic rings. The quantitative estimate of drug-likeness (QED) is 0.645. The number of hydrogen-bond acceptors (Lipinski definition) is 4. The second-order valence-electron chi connectivity index (χ2n) is 4.58. The SMILES string of the molecule is COc1ccc(CNc2cc(C)c([N+](=O)[O-])cc2Br)cc1. The highest BCUT2D eigenvalue weighted by molar-refractivity contribution is 9.10. The monoisotopic (exact) mass is 350 g/mol. The number of aryl methyl sites for hydroxylation is 1. The van der Waals surface area contributed by atoms with Gasteiger partial charge in [-0.05, 0) is 46.6 Å². The van der Waals surface area contributed by atoms with Crippen molar-refractivity contribution in [2.45, 2.75) is 13.5 Å². The summed E-state index contributed by atoms with van der Waals surface area (Å²) in [5, 5.41) is 14.1. The molecule has 0 saturated carbocycles. The second-order valence-corrected chi connectivity index (χ2v) is 5.43. The third-order valence-corrected chi connectivity index (χ3v) is 3.78. The van der Waals surface area contributed by atoms with E-state index in [4.69, 9.17) is 4.74 Å². The summed E-state index contributed by atoms with van der Waals surface area (Å²) in [5.74, 6) is 0.811. The van der Waals surface area contributed by atoms with Crippen LogP contribution in [0, 0.1) is 17.0 Å². The van der Waals surface area contributed by atoms with Gasteiger partial charge in [0.15, 0.2) is 0 Å². The lowest BCUT2D eigenvalue weighted by Gasteiger charge is -2.10. The molecule has 0 unspecified atom stereocenters. The van der Waals surface area contributed by atoms with Crippen molar-refractivity contribution in [3.8, 4) is 5.75 Å². The number of nitrogens with zero attached hydrogens (tertiary/aromatic N) is 1. The highest BCUT2D eigenvalue weighted by Crippen LogP contribution is 2.31. The van der Waals surface area contributed by atoms with Crippen LogP contribution in [0.15, 0.2) is 40.9 Å². The van der Waals surface area contributed by atoms with E-state index in [2.05, 4.69) is 21.2 Å². The maximum absolute atomic E-state index is 10.9. The molecule has 6 heteroatoms. The van der Waals surface area contributed by atoms with Crippen LogP contribution in [0.3, 0.4) is 0 Å². The van der Waals surface area contributed by atoms with E-state index in [0.717, 1.165) is 17.0 Å². The predicted molar refractivity (Wildman–Crippen MR) is 85.9 cm³/mol. The van der Waals surface area contributed by atoms with E-state index < -0.39 is 0 Å². The van der Waals surface area contributed by atoms with Gasteiger partial charge in [-0.1, -0.05) is 12.1 Å². The molecular formula is C15H15BrN2O3. The van der Waals surface area contributed by atoms with Crippen LogP contribution in [0.2, 0.25) is 0 Å². The molecule has 5 nitrogen and oxygen atoms in total. The average molecular weight is 351 g/mol. The van der Waals surface area contributed by atoms with Crippen LogP contribution in [-0.2, 0) is 6.54 Å². The molecule has 110 valence electrons. The van der Waals surface area contributed by atoms with Gasteiger partial charge in [0.2, 0.25) is 0 Å². The molecule has 1 N–H and O–H groups in total. The fourth-order valence-electron chi connectivity index (χ4n) is 1.94. The van der Waals surface area contributed by atoms with Gasteiger partial charge in [-0.2, -0.15) is 0 Å². The van der Waals surface area contributed by atoms with E-state index in [1.54, 1.807) is 20.1 Å². The summed E-state index contributed by atoms with van der Waals surface area (Å²) in [6.45, 7) is 2.35. The van der Waals surface area contributed by atoms with Gasteiger partial charge in [0.05, 0.1) is 12.0 Å². The van der Waals surface area contributed by atoms with E-state index in [-0.39, 0.29) is 10.6 Å². The van der Waals surface area contributed by atoms with E-state index in [1.807, 2.05) is 24.3 Å². The third-order valence-electron chi connectivity index (χ3n) is 3.12. The summed E-state index contributed by atoms with van der Waals surface area (Å²) in [6.07, 6.45) is 0. The average Bonchev–Trinajstić information content (AvgIpc) is 2.48. The molecule has 0 saturated heterocycles. The minimum Gasteiger partial charge on any atom is -0.497 e. The number of hydrogen-bond donors (Lipinski definition) is 1. The lowest BCUT2D eigenvalue weighted by molar-refractivity contribution is -0.385. The van der Waals surface area contributed by atoms with Gasteiger partial charge in [-0.3, -0.25) is 10.1 Å². The van der Waals surface area contributed by atoms with Crippen LogP contribution in [0.4, 0.5) is 11.4 Å². The van der Waals surface area contributed by atoms with Crippen LogP contribution < -0.4 is 10.1 Å². The highest BCUT2D eigenvalue weighted by atomic mass is 79.9. The van der Waals surface area contributed by atoms with E-state index in [9.17, 15) is 10.1 Å². The molecule has 0 aliphatic rings. The smallest absolute Gasteiger partial charge is 0.273 e. The van der Waals surface area contributed by atoms with Gasteiger partial charge in [-0.15, -0.1) is 0 Å². The molecule has 21 heavy (non-hydrogen) atoms. The predicted octanol–water partition coefficient (Wildman–Crippen LogP) is 4.29. The Kier molecular flexibility index (Phi) is 4.80. The van der Waals surface area contributed by atoms with Gasteiger partial charge in [0.1, 0.15) is 5.75 Å². The Hall–Kier alpha value is -2.08. The first-order chi connectivity index (χ1) is 10.0. The third kappa shape index (κ3) is 3.72. The minimum atomic E-state index is -0.382. The molecule has 0 aliphatic carbocycles. The van der Waals surface area contributed by atoms with Gasteiger partial charge in [-0.25, -0.2) is 0 Å². The number of nitro groups is 1. The number of nitrogens with one attached hydrogen (secondary N) is 1. The highest BCUT2D eigenvalue weighted by Gasteiger charge is 2.13. The minimum absolute atomic E-state index is 0.108. The molecule has 2 rings (SSSR count). The summed E-state index contributed by atoms with van der Waals surface area (Å²) < 4.78 is 5.79. The summed E-state index contributed by atoms with van der Waals surface area (Å²) in [5.41, 5.74) is 2.66. The Morgan fingerprint density at radius 1 is 1.29 bits per heavy atom. The number of rotatable bonds is 5. The van der Waals surface area contributed by atoms with Crippen molar-refractivity contribution < 1.29 is 9.66 Å². The molecule has 0 aromatic heterocycles. The largest absolute Gasteiger partial charge is 0.497 e. The van der Waals surface area contributed by atoms with Crippen LogP contribution >= 0.6 is 15.9 Å². The molecule has 2 aromatic carbocycles. The van der Waals surface area contributed by atoms with E-state index >= 15 is 0 Å². The Labute approximate surface area is 131 Å². The Morgan fingerprint density at radius 3 is 2.52 bits per heavy atom. The number of benzene rings is 2. The first-order valence-corrected chi connectivity index (χ1v) is 7.12. The fourth-order valence-corrected chi connectivity index (χ4v) is 2.42. The molecule has 0 atom stereocenters. The Balaban J connectivity index is 2.12. The van der Waals surface area contributed by atoms with Gasteiger partial charge >= 0.3 is 0 Å². The number of nitro benzene ring substituents is 1. The maximum atomic E-state index is 10.9. The summed E-state index contributed by atoms with van der Waals surface area (Å²) in [4.78, 5) is 10.5. The molecule has 0 aliphatic heterocycles. The zero-order chi connectivity index (χ0) is 15.4. The van der Waals surface area contributed by atoms with Crippen molar-refractivity contribution >= 4 is 27.3 Å². The van der Waals surface area contributed by atoms with Crippen LogP contribution in [0.1, 0.15) is 11.1 Å². The molecule has 0 bridgehead atoms. The van der Waals surface area contributed by atoms with Crippen LogP contribution in [0.5, 0.6) is 5.75 Å². The van der Waals surface area contributed by atoms with Crippen molar-refractivity contribution in [2.24, 2.45) is 0 Å². The molecule has 0 spiro atoms. The van der Waals surface area contributed by atoms with E-state index in [0.29, 0.717) is 16.6 Å². The van der Waals surface area contributed by atoms with Gasteiger partial charge < -0.3 is 10.1 Å². The second kappa shape index (κ2) is 6.58. The van der Waals surface area contributed by atoms with Crippen molar-refractivity contribution in [2.75, 3.05) is 12.4 Å². The zero-order valence-corrected chi connectivity index (χ0v) is 13.3. The molecule has 0 radical (unpaired) electrons. The number of ether oxygens (including phenoxy) is 1. The molecule has 0 amide bonds. The van der Waals surface area contributed by atoms with E-state index in [1.165, 1.54) is 6.07 Å². The fraction of sp³-hybridized carbons (Fsp3) is 0.200. The van der Waals surface area contributed by atoms with Crippen molar-refractivity contribution in [1.82, 2.24) is 0 Å². The van der Waals surface area contributed by atoms with Crippen molar-refractivity contribution in [3.63, 3.8) is 0 Å². The summed E-state index contributed by atoms with van der Waals surface area (Å²) in [6, 6.07) is 11.0. The van der Waals surface area contributed by atoms with Crippen LogP contribution in [0.25, 0.3) is 0 Å². The molecule has 0 heterocycles.